The van der Waals surface area contributed by atoms with E-state index in [1.165, 1.54) is 0 Å². The Balaban J connectivity index is 2.35. The lowest BCUT2D eigenvalue weighted by Gasteiger charge is -2.37. The fourth-order valence-corrected chi connectivity index (χ4v) is 2.45. The van der Waals surface area contributed by atoms with Gasteiger partial charge < -0.3 is 10.4 Å². The molecule has 1 aliphatic heterocycles. The van der Waals surface area contributed by atoms with Gasteiger partial charge in [0.15, 0.2) is 0 Å². The quantitative estimate of drug-likeness (QED) is 0.707. The highest BCUT2D eigenvalue weighted by atomic mass is 16.4. The Kier molecular flexibility index (Phi) is 6.95. The van der Waals surface area contributed by atoms with Gasteiger partial charge in [-0.25, -0.2) is 0 Å². The standard InChI is InChI=1S/C14H27N3O3/c1-4-11(3)15-13(18)10-16-6-8-17(9-7-16)12(5-2)14(19)20/h11-12H,4-10H2,1-3H3,(H,15,18)(H,19,20). The van der Waals surface area contributed by atoms with Gasteiger partial charge in [-0.1, -0.05) is 13.8 Å². The van der Waals surface area contributed by atoms with Gasteiger partial charge in [0.05, 0.1) is 6.54 Å². The van der Waals surface area contributed by atoms with E-state index in [0.29, 0.717) is 26.1 Å². The van der Waals surface area contributed by atoms with Gasteiger partial charge in [-0.3, -0.25) is 19.4 Å². The molecule has 0 saturated carbocycles. The Bertz CT molecular complexity index is 328. The van der Waals surface area contributed by atoms with Crippen LogP contribution in [0, 0.1) is 0 Å². The van der Waals surface area contributed by atoms with Crippen LogP contribution in [0.2, 0.25) is 0 Å². The zero-order valence-corrected chi connectivity index (χ0v) is 12.8. The van der Waals surface area contributed by atoms with Gasteiger partial charge in [0.2, 0.25) is 5.91 Å². The second kappa shape index (κ2) is 8.21. The summed E-state index contributed by atoms with van der Waals surface area (Å²) in [7, 11) is 0. The van der Waals surface area contributed by atoms with Crippen LogP contribution >= 0.6 is 0 Å². The summed E-state index contributed by atoms with van der Waals surface area (Å²) in [5, 5.41) is 12.1. The number of piperazine rings is 1. The molecule has 1 rings (SSSR count). The molecular formula is C14H27N3O3. The van der Waals surface area contributed by atoms with Crippen molar-refractivity contribution in [2.45, 2.75) is 45.7 Å². The lowest BCUT2D eigenvalue weighted by molar-refractivity contribution is -0.144. The topological polar surface area (TPSA) is 72.9 Å². The number of amides is 1. The third-order valence-electron chi connectivity index (χ3n) is 3.91. The van der Waals surface area contributed by atoms with Crippen LogP contribution in [0.3, 0.4) is 0 Å². The average Bonchev–Trinajstić information content (AvgIpc) is 2.40. The van der Waals surface area contributed by atoms with Crippen molar-refractivity contribution in [1.82, 2.24) is 15.1 Å². The van der Waals surface area contributed by atoms with Gasteiger partial charge in [-0.2, -0.15) is 0 Å². The Hall–Kier alpha value is -1.14. The van der Waals surface area contributed by atoms with Gasteiger partial charge in [-0.05, 0) is 19.8 Å². The molecule has 0 spiro atoms. The van der Waals surface area contributed by atoms with Gasteiger partial charge in [0.25, 0.3) is 0 Å². The molecule has 1 saturated heterocycles. The molecule has 1 heterocycles. The largest absolute Gasteiger partial charge is 0.480 e. The molecule has 1 amide bonds. The van der Waals surface area contributed by atoms with E-state index in [4.69, 9.17) is 5.11 Å². The van der Waals surface area contributed by atoms with E-state index in [1.807, 2.05) is 25.7 Å². The fraction of sp³-hybridized carbons (Fsp3) is 0.857. The Labute approximate surface area is 121 Å². The normalized spacial score (nSPS) is 20.4. The highest BCUT2D eigenvalue weighted by Crippen LogP contribution is 2.09. The molecular weight excluding hydrogens is 258 g/mol. The number of aliphatic carboxylic acids is 1. The molecule has 6 heteroatoms. The zero-order chi connectivity index (χ0) is 15.1. The summed E-state index contributed by atoms with van der Waals surface area (Å²) in [4.78, 5) is 27.0. The van der Waals surface area contributed by atoms with E-state index < -0.39 is 12.0 Å². The molecule has 0 aromatic heterocycles. The summed E-state index contributed by atoms with van der Waals surface area (Å²) in [6.45, 7) is 9.25. The molecule has 0 aliphatic carbocycles. The molecule has 20 heavy (non-hydrogen) atoms. The second-order valence-corrected chi connectivity index (χ2v) is 5.45. The monoisotopic (exact) mass is 285 g/mol. The van der Waals surface area contributed by atoms with Crippen molar-refractivity contribution in [3.05, 3.63) is 0 Å². The van der Waals surface area contributed by atoms with Gasteiger partial charge in [0, 0.05) is 32.2 Å². The number of nitrogens with zero attached hydrogens (tertiary/aromatic N) is 2. The molecule has 2 atom stereocenters. The van der Waals surface area contributed by atoms with E-state index in [9.17, 15) is 9.59 Å². The fourth-order valence-electron chi connectivity index (χ4n) is 2.45. The van der Waals surface area contributed by atoms with E-state index in [2.05, 4.69) is 10.2 Å². The minimum absolute atomic E-state index is 0.0538. The smallest absolute Gasteiger partial charge is 0.320 e. The lowest BCUT2D eigenvalue weighted by atomic mass is 10.1. The number of carbonyl (C=O) groups is 2. The number of nitrogens with one attached hydrogen (secondary N) is 1. The van der Waals surface area contributed by atoms with Gasteiger partial charge >= 0.3 is 5.97 Å². The minimum Gasteiger partial charge on any atom is -0.480 e. The Morgan fingerprint density at radius 2 is 1.75 bits per heavy atom. The number of hydrogen-bond acceptors (Lipinski definition) is 4. The van der Waals surface area contributed by atoms with Crippen molar-refractivity contribution >= 4 is 11.9 Å². The Morgan fingerprint density at radius 3 is 2.20 bits per heavy atom. The first kappa shape index (κ1) is 16.9. The van der Waals surface area contributed by atoms with Crippen LogP contribution in [0.1, 0.15) is 33.6 Å². The number of rotatable bonds is 7. The van der Waals surface area contributed by atoms with Crippen LogP contribution in [-0.2, 0) is 9.59 Å². The first-order valence-corrected chi connectivity index (χ1v) is 7.46. The van der Waals surface area contributed by atoms with Crippen molar-refractivity contribution in [3.8, 4) is 0 Å². The highest BCUT2D eigenvalue weighted by Gasteiger charge is 2.27. The van der Waals surface area contributed by atoms with Crippen molar-refractivity contribution in [2.75, 3.05) is 32.7 Å². The predicted octanol–water partition coefficient (Wildman–Crippen LogP) is 0.382. The lowest BCUT2D eigenvalue weighted by Crippen LogP contribution is -2.54. The van der Waals surface area contributed by atoms with Crippen molar-refractivity contribution in [1.29, 1.82) is 0 Å². The van der Waals surface area contributed by atoms with Crippen molar-refractivity contribution in [2.24, 2.45) is 0 Å². The van der Waals surface area contributed by atoms with E-state index >= 15 is 0 Å². The van der Waals surface area contributed by atoms with Crippen LogP contribution in [0.4, 0.5) is 0 Å². The molecule has 2 unspecified atom stereocenters. The van der Waals surface area contributed by atoms with E-state index in [1.54, 1.807) is 0 Å². The SMILES string of the molecule is CCC(C)NC(=O)CN1CCN(C(CC)C(=O)O)CC1. The molecule has 116 valence electrons. The summed E-state index contributed by atoms with van der Waals surface area (Å²) in [6, 6.07) is -0.189. The maximum absolute atomic E-state index is 11.8. The summed E-state index contributed by atoms with van der Waals surface area (Å²) >= 11 is 0. The minimum atomic E-state index is -0.754. The molecule has 1 fully saturated rings. The maximum atomic E-state index is 11.8. The zero-order valence-electron chi connectivity index (χ0n) is 12.8. The summed E-state index contributed by atoms with van der Waals surface area (Å²) in [5.74, 6) is -0.700. The first-order chi connectivity index (χ1) is 9.47. The summed E-state index contributed by atoms with van der Waals surface area (Å²) < 4.78 is 0. The third-order valence-corrected chi connectivity index (χ3v) is 3.91. The summed E-state index contributed by atoms with van der Waals surface area (Å²) in [6.07, 6.45) is 1.54. The summed E-state index contributed by atoms with van der Waals surface area (Å²) in [5.41, 5.74) is 0. The maximum Gasteiger partial charge on any atom is 0.320 e. The second-order valence-electron chi connectivity index (χ2n) is 5.45. The molecule has 0 aromatic carbocycles. The molecule has 1 aliphatic rings. The Morgan fingerprint density at radius 1 is 1.15 bits per heavy atom. The third kappa shape index (κ3) is 5.09. The average molecular weight is 285 g/mol. The molecule has 0 bridgehead atoms. The molecule has 0 radical (unpaired) electrons. The van der Waals surface area contributed by atoms with E-state index in [-0.39, 0.29) is 11.9 Å². The number of carboxylic acids is 1. The van der Waals surface area contributed by atoms with Gasteiger partial charge in [0.1, 0.15) is 6.04 Å². The molecule has 0 aromatic rings. The number of carbonyl (C=O) groups excluding carboxylic acids is 1. The van der Waals surface area contributed by atoms with E-state index in [0.717, 1.165) is 19.5 Å². The van der Waals surface area contributed by atoms with Crippen LogP contribution in [-0.4, -0.2) is 71.6 Å². The van der Waals surface area contributed by atoms with Crippen LogP contribution in [0.5, 0.6) is 0 Å². The molecule has 2 N–H and O–H groups in total. The van der Waals surface area contributed by atoms with Crippen molar-refractivity contribution < 1.29 is 14.7 Å². The van der Waals surface area contributed by atoms with Gasteiger partial charge in [-0.15, -0.1) is 0 Å². The number of carboxylic acid groups (broad SMARTS) is 1. The highest BCUT2D eigenvalue weighted by molar-refractivity contribution is 5.78. The predicted molar refractivity (Wildman–Crippen MR) is 77.6 cm³/mol. The van der Waals surface area contributed by atoms with Crippen LogP contribution < -0.4 is 5.32 Å². The first-order valence-electron chi connectivity index (χ1n) is 7.46. The molecule has 6 nitrogen and oxygen atoms in total. The number of hydrogen-bond donors (Lipinski definition) is 2. The van der Waals surface area contributed by atoms with Crippen LogP contribution in [0.25, 0.3) is 0 Å². The van der Waals surface area contributed by atoms with Crippen LogP contribution in [0.15, 0.2) is 0 Å². The van der Waals surface area contributed by atoms with Crippen molar-refractivity contribution in [3.63, 3.8) is 0 Å².